The average molecular weight is 361 g/mol. The maximum Gasteiger partial charge on any atom is 0.322 e. The summed E-state index contributed by atoms with van der Waals surface area (Å²) in [5, 5.41) is 11.3. The number of carboxylic acid groups (broad SMARTS) is 1. The summed E-state index contributed by atoms with van der Waals surface area (Å²) in [5.74, 6) is -1.45. The van der Waals surface area contributed by atoms with Gasteiger partial charge in [-0.25, -0.2) is 9.18 Å². The van der Waals surface area contributed by atoms with Crippen LogP contribution in [0.1, 0.15) is 25.8 Å². The van der Waals surface area contributed by atoms with E-state index in [-0.39, 0.29) is 19.0 Å². The van der Waals surface area contributed by atoms with Gasteiger partial charge in [0.05, 0.1) is 10.9 Å². The molecule has 5 nitrogen and oxygen atoms in total. The molecule has 0 heterocycles. The molecule has 0 saturated carbocycles. The van der Waals surface area contributed by atoms with E-state index < -0.39 is 17.8 Å². The van der Waals surface area contributed by atoms with Crippen molar-refractivity contribution in [2.45, 2.75) is 33.2 Å². The van der Waals surface area contributed by atoms with Crippen LogP contribution in [0.3, 0.4) is 0 Å². The van der Waals surface area contributed by atoms with Gasteiger partial charge in [-0.15, -0.1) is 0 Å². The van der Waals surface area contributed by atoms with E-state index in [4.69, 9.17) is 5.11 Å². The average Bonchev–Trinajstić information content (AvgIpc) is 2.35. The zero-order valence-corrected chi connectivity index (χ0v) is 13.7. The normalized spacial score (nSPS) is 10.6. The van der Waals surface area contributed by atoms with Crippen molar-refractivity contribution in [1.29, 1.82) is 0 Å². The largest absolute Gasteiger partial charge is 0.481 e. The zero-order valence-electron chi connectivity index (χ0n) is 12.1. The van der Waals surface area contributed by atoms with Crippen molar-refractivity contribution >= 4 is 33.6 Å². The van der Waals surface area contributed by atoms with Gasteiger partial charge in [-0.3, -0.25) is 4.79 Å². The van der Waals surface area contributed by atoms with E-state index >= 15 is 0 Å². The molecule has 0 atom stereocenters. The number of benzene rings is 1. The lowest BCUT2D eigenvalue weighted by Crippen LogP contribution is -2.41. The fourth-order valence-corrected chi connectivity index (χ4v) is 2.24. The van der Waals surface area contributed by atoms with Crippen molar-refractivity contribution < 1.29 is 19.1 Å². The Labute approximate surface area is 131 Å². The Kier molecular flexibility index (Phi) is 6.14. The molecule has 7 heteroatoms. The number of nitrogens with one attached hydrogen (secondary N) is 1. The number of hydrogen-bond donors (Lipinski definition) is 2. The van der Waals surface area contributed by atoms with Gasteiger partial charge in [0.2, 0.25) is 0 Å². The molecule has 21 heavy (non-hydrogen) atoms. The maximum absolute atomic E-state index is 13.5. The van der Waals surface area contributed by atoms with Crippen molar-refractivity contribution in [3.8, 4) is 0 Å². The molecule has 0 spiro atoms. The highest BCUT2D eigenvalue weighted by Gasteiger charge is 2.19. The Morgan fingerprint density at radius 2 is 2.05 bits per heavy atom. The van der Waals surface area contributed by atoms with E-state index in [9.17, 15) is 14.0 Å². The molecule has 0 aliphatic heterocycles. The first-order valence-corrected chi connectivity index (χ1v) is 7.26. The molecule has 0 unspecified atom stereocenters. The van der Waals surface area contributed by atoms with Crippen molar-refractivity contribution in [3.05, 3.63) is 28.0 Å². The minimum atomic E-state index is -0.973. The van der Waals surface area contributed by atoms with Gasteiger partial charge in [-0.2, -0.15) is 0 Å². The molecule has 0 aliphatic rings. The molecule has 1 rings (SSSR count). The molecule has 2 N–H and O–H groups in total. The number of carboxylic acids is 1. The minimum absolute atomic E-state index is 0.0941. The van der Waals surface area contributed by atoms with E-state index in [1.54, 1.807) is 26.8 Å². The number of halogens is 2. The summed E-state index contributed by atoms with van der Waals surface area (Å²) < 4.78 is 13.9. The summed E-state index contributed by atoms with van der Waals surface area (Å²) >= 11 is 3.08. The highest BCUT2D eigenvalue weighted by atomic mass is 79.9. The third kappa shape index (κ3) is 5.00. The van der Waals surface area contributed by atoms with Crippen LogP contribution in [-0.2, 0) is 4.79 Å². The van der Waals surface area contributed by atoms with Gasteiger partial charge in [0, 0.05) is 18.3 Å². The van der Waals surface area contributed by atoms with Crippen molar-refractivity contribution in [3.63, 3.8) is 0 Å². The van der Waals surface area contributed by atoms with Crippen molar-refractivity contribution in [2.75, 3.05) is 11.9 Å². The maximum atomic E-state index is 13.5. The molecule has 0 bridgehead atoms. The van der Waals surface area contributed by atoms with Gasteiger partial charge in [0.1, 0.15) is 5.82 Å². The molecule has 0 aromatic heterocycles. The van der Waals surface area contributed by atoms with E-state index in [0.717, 1.165) is 0 Å². The predicted molar refractivity (Wildman–Crippen MR) is 82.0 cm³/mol. The summed E-state index contributed by atoms with van der Waals surface area (Å²) in [5.41, 5.74) is 1.07. The second kappa shape index (κ2) is 7.40. The summed E-state index contributed by atoms with van der Waals surface area (Å²) in [4.78, 5) is 24.2. The van der Waals surface area contributed by atoms with Crippen molar-refractivity contribution in [2.24, 2.45) is 0 Å². The molecule has 0 fully saturated rings. The first-order chi connectivity index (χ1) is 9.72. The fourth-order valence-electron chi connectivity index (χ4n) is 1.78. The number of rotatable bonds is 5. The monoisotopic (exact) mass is 360 g/mol. The summed E-state index contributed by atoms with van der Waals surface area (Å²) in [6.45, 7) is 5.42. The van der Waals surface area contributed by atoms with Gasteiger partial charge in [0.15, 0.2) is 0 Å². The molecular weight excluding hydrogens is 343 g/mol. The molecule has 116 valence electrons. The Bertz CT molecular complexity index is 549. The number of amides is 2. The Balaban J connectivity index is 2.86. The Morgan fingerprint density at radius 3 is 2.57 bits per heavy atom. The topological polar surface area (TPSA) is 69.6 Å². The van der Waals surface area contributed by atoms with Crippen molar-refractivity contribution in [1.82, 2.24) is 4.90 Å². The molecule has 1 aromatic rings. The summed E-state index contributed by atoms with van der Waals surface area (Å²) in [7, 11) is 0. The second-order valence-corrected chi connectivity index (χ2v) is 5.80. The van der Waals surface area contributed by atoms with Gasteiger partial charge in [0.25, 0.3) is 0 Å². The molecule has 0 aliphatic carbocycles. The van der Waals surface area contributed by atoms with Crippen LogP contribution in [0.15, 0.2) is 16.6 Å². The Morgan fingerprint density at radius 1 is 1.43 bits per heavy atom. The Hall–Kier alpha value is -1.63. The van der Waals surface area contributed by atoms with Crippen LogP contribution in [0.4, 0.5) is 14.9 Å². The molecule has 0 saturated heterocycles. The smallest absolute Gasteiger partial charge is 0.322 e. The van der Waals surface area contributed by atoms with Gasteiger partial charge in [-0.1, -0.05) is 0 Å². The third-order valence-electron chi connectivity index (χ3n) is 2.96. The third-order valence-corrected chi connectivity index (χ3v) is 3.57. The van der Waals surface area contributed by atoms with Gasteiger partial charge >= 0.3 is 12.0 Å². The van der Waals surface area contributed by atoms with Gasteiger partial charge < -0.3 is 15.3 Å². The number of aryl methyl sites for hydroxylation is 1. The van der Waals surface area contributed by atoms with Crippen LogP contribution < -0.4 is 5.32 Å². The van der Waals surface area contributed by atoms with Crippen LogP contribution in [-0.4, -0.2) is 34.6 Å². The quantitative estimate of drug-likeness (QED) is 0.842. The number of carbonyl (C=O) groups is 2. The standard InChI is InChI=1S/C14H18BrFN2O3/c1-8(2)18(5-4-13(19)20)14(21)17-12-7-11(16)10(15)6-9(12)3/h6-8H,4-5H2,1-3H3,(H,17,21)(H,19,20). The summed E-state index contributed by atoms with van der Waals surface area (Å²) in [6.07, 6.45) is -0.140. The lowest BCUT2D eigenvalue weighted by atomic mass is 10.2. The molecule has 1 aromatic carbocycles. The second-order valence-electron chi connectivity index (χ2n) is 4.94. The van der Waals surface area contributed by atoms with Crippen LogP contribution in [0.5, 0.6) is 0 Å². The SMILES string of the molecule is Cc1cc(Br)c(F)cc1NC(=O)N(CCC(=O)O)C(C)C. The first kappa shape index (κ1) is 17.4. The van der Waals surface area contributed by atoms with Crippen LogP contribution in [0.2, 0.25) is 0 Å². The number of nitrogens with zero attached hydrogens (tertiary/aromatic N) is 1. The number of aliphatic carboxylic acids is 1. The highest BCUT2D eigenvalue weighted by molar-refractivity contribution is 9.10. The van der Waals surface area contributed by atoms with Gasteiger partial charge in [-0.05, 0) is 54.4 Å². The lowest BCUT2D eigenvalue weighted by molar-refractivity contribution is -0.137. The predicted octanol–water partition coefficient (Wildman–Crippen LogP) is 3.61. The molecule has 2 amide bonds. The fraction of sp³-hybridized carbons (Fsp3) is 0.429. The number of hydrogen-bond acceptors (Lipinski definition) is 2. The first-order valence-electron chi connectivity index (χ1n) is 6.47. The number of urea groups is 1. The number of anilines is 1. The minimum Gasteiger partial charge on any atom is -0.481 e. The highest BCUT2D eigenvalue weighted by Crippen LogP contribution is 2.24. The lowest BCUT2D eigenvalue weighted by Gasteiger charge is -2.26. The molecular formula is C14H18BrFN2O3. The van der Waals surface area contributed by atoms with Crippen LogP contribution in [0.25, 0.3) is 0 Å². The van der Waals surface area contributed by atoms with E-state index in [2.05, 4.69) is 21.2 Å². The zero-order chi connectivity index (χ0) is 16.2. The van der Waals surface area contributed by atoms with Crippen LogP contribution >= 0.6 is 15.9 Å². The number of carbonyl (C=O) groups excluding carboxylic acids is 1. The van der Waals surface area contributed by atoms with Crippen LogP contribution in [0, 0.1) is 12.7 Å². The van der Waals surface area contributed by atoms with E-state index in [0.29, 0.717) is 15.7 Å². The molecule has 0 radical (unpaired) electrons. The van der Waals surface area contributed by atoms with E-state index in [1.807, 2.05) is 0 Å². The summed E-state index contributed by atoms with van der Waals surface area (Å²) in [6, 6.07) is 2.19. The van der Waals surface area contributed by atoms with E-state index in [1.165, 1.54) is 11.0 Å².